The highest BCUT2D eigenvalue weighted by molar-refractivity contribution is 9.11. The Hall–Kier alpha value is -1.89. The van der Waals surface area contributed by atoms with E-state index in [9.17, 15) is 9.59 Å². The van der Waals surface area contributed by atoms with Crippen LogP contribution in [0.4, 0.5) is 0 Å². The second kappa shape index (κ2) is 10.5. The number of carbonyl (C=O) groups excluding carboxylic acids is 2. The molecule has 5 rings (SSSR count). The fourth-order valence-corrected chi connectivity index (χ4v) is 7.96. The number of carbonyl (C=O) groups is 2. The zero-order valence-corrected chi connectivity index (χ0v) is 27.0. The van der Waals surface area contributed by atoms with Crippen LogP contribution in [0.5, 0.6) is 5.75 Å². The standard InChI is InChI=1S/C32H34Br2ClNO3/c1-6-36-23-13-31(2,3)15-25(37)28(23)27(29-24(36)14-32(4,5)16-26(29)38)19-11-21(33)30(22(34)12-19)39-17-18-7-9-20(35)10-8-18/h7-12,27H,6,13-17H2,1-5H3. The number of Topliss-reactive ketones (excluding diaryl/α,β-unsaturated/α-hetero) is 2. The normalized spacial score (nSPS) is 20.8. The van der Waals surface area contributed by atoms with E-state index in [1.165, 1.54) is 0 Å². The molecule has 0 saturated heterocycles. The summed E-state index contributed by atoms with van der Waals surface area (Å²) in [7, 11) is 0. The second-order valence-corrected chi connectivity index (χ2v) is 14.7. The van der Waals surface area contributed by atoms with Gasteiger partial charge < -0.3 is 9.64 Å². The van der Waals surface area contributed by atoms with E-state index in [0.29, 0.717) is 30.2 Å². The summed E-state index contributed by atoms with van der Waals surface area (Å²) in [5.41, 5.74) is 5.43. The van der Waals surface area contributed by atoms with E-state index in [-0.39, 0.29) is 28.3 Å². The van der Waals surface area contributed by atoms with Crippen molar-refractivity contribution in [2.24, 2.45) is 10.8 Å². The lowest BCUT2D eigenvalue weighted by atomic mass is 9.63. The van der Waals surface area contributed by atoms with Gasteiger partial charge in [0, 0.05) is 52.9 Å². The zero-order chi connectivity index (χ0) is 28.3. The Morgan fingerprint density at radius 2 is 1.36 bits per heavy atom. The van der Waals surface area contributed by atoms with Gasteiger partial charge in [-0.05, 0) is 97.8 Å². The fourth-order valence-electron chi connectivity index (χ4n) is 6.38. The van der Waals surface area contributed by atoms with Crippen LogP contribution in [-0.4, -0.2) is 23.0 Å². The highest BCUT2D eigenvalue weighted by atomic mass is 79.9. The predicted molar refractivity (Wildman–Crippen MR) is 163 cm³/mol. The zero-order valence-electron chi connectivity index (χ0n) is 23.1. The highest BCUT2D eigenvalue weighted by Gasteiger charge is 2.48. The van der Waals surface area contributed by atoms with Crippen LogP contribution in [0.25, 0.3) is 0 Å². The summed E-state index contributed by atoms with van der Waals surface area (Å²) in [5.74, 6) is 0.576. The van der Waals surface area contributed by atoms with Crippen molar-refractivity contribution in [3.8, 4) is 5.75 Å². The predicted octanol–water partition coefficient (Wildman–Crippen LogP) is 9.15. The van der Waals surface area contributed by atoms with Crippen molar-refractivity contribution in [1.29, 1.82) is 0 Å². The molecular formula is C32H34Br2ClNO3. The Kier molecular flexibility index (Phi) is 7.71. The molecule has 2 aliphatic carbocycles. The first-order chi connectivity index (χ1) is 18.3. The van der Waals surface area contributed by atoms with Crippen LogP contribution in [0.1, 0.15) is 77.3 Å². The number of hydrogen-bond donors (Lipinski definition) is 0. The van der Waals surface area contributed by atoms with Crippen molar-refractivity contribution < 1.29 is 14.3 Å². The van der Waals surface area contributed by atoms with Crippen LogP contribution >= 0.6 is 43.5 Å². The summed E-state index contributed by atoms with van der Waals surface area (Å²) >= 11 is 13.5. The largest absolute Gasteiger partial charge is 0.487 e. The van der Waals surface area contributed by atoms with Crippen molar-refractivity contribution in [3.63, 3.8) is 0 Å². The van der Waals surface area contributed by atoms with Gasteiger partial charge in [-0.25, -0.2) is 0 Å². The third kappa shape index (κ3) is 5.54. The second-order valence-electron chi connectivity index (χ2n) is 12.5. The Morgan fingerprint density at radius 3 is 1.82 bits per heavy atom. The minimum atomic E-state index is -0.386. The molecule has 0 spiro atoms. The van der Waals surface area contributed by atoms with Crippen LogP contribution in [0.15, 0.2) is 67.9 Å². The highest BCUT2D eigenvalue weighted by Crippen LogP contribution is 2.55. The summed E-state index contributed by atoms with van der Waals surface area (Å²) < 4.78 is 7.72. The summed E-state index contributed by atoms with van der Waals surface area (Å²) in [6.45, 7) is 11.9. The van der Waals surface area contributed by atoms with Gasteiger partial charge in [0.2, 0.25) is 0 Å². The molecule has 1 aliphatic heterocycles. The molecule has 2 aromatic carbocycles. The molecule has 0 aromatic heterocycles. The van der Waals surface area contributed by atoms with Crippen molar-refractivity contribution in [2.45, 2.75) is 72.8 Å². The number of halogens is 3. The minimum absolute atomic E-state index is 0.124. The average molecular weight is 676 g/mol. The van der Waals surface area contributed by atoms with Crippen LogP contribution in [0, 0.1) is 10.8 Å². The van der Waals surface area contributed by atoms with Crippen molar-refractivity contribution >= 4 is 55.0 Å². The quantitative estimate of drug-likeness (QED) is 0.317. The number of ether oxygens (including phenoxy) is 1. The Morgan fingerprint density at radius 1 is 0.872 bits per heavy atom. The first kappa shape index (κ1) is 28.6. The van der Waals surface area contributed by atoms with Crippen LogP contribution in [-0.2, 0) is 16.2 Å². The molecule has 0 atom stereocenters. The first-order valence-corrected chi connectivity index (χ1v) is 15.4. The molecule has 2 aromatic rings. The third-order valence-corrected chi connectivity index (χ3v) is 9.42. The Labute approximate surface area is 253 Å². The van der Waals surface area contributed by atoms with Crippen molar-refractivity contribution in [2.75, 3.05) is 6.54 Å². The molecule has 7 heteroatoms. The lowest BCUT2D eigenvalue weighted by molar-refractivity contribution is -0.119. The van der Waals surface area contributed by atoms with E-state index < -0.39 is 0 Å². The molecule has 39 heavy (non-hydrogen) atoms. The molecule has 0 radical (unpaired) electrons. The van der Waals surface area contributed by atoms with Gasteiger partial charge in [0.05, 0.1) is 8.95 Å². The maximum atomic E-state index is 13.8. The SMILES string of the molecule is CCN1C2=C(C(=O)CC(C)(C)C2)C(c2cc(Br)c(OCc3ccc(Cl)cc3)c(Br)c2)C2=C1CC(C)(C)CC2=O. The van der Waals surface area contributed by atoms with Gasteiger partial charge in [-0.15, -0.1) is 0 Å². The smallest absolute Gasteiger partial charge is 0.162 e. The van der Waals surface area contributed by atoms with Crippen LogP contribution < -0.4 is 4.74 Å². The topological polar surface area (TPSA) is 46.6 Å². The number of hydrogen-bond acceptors (Lipinski definition) is 4. The van der Waals surface area contributed by atoms with E-state index >= 15 is 0 Å². The van der Waals surface area contributed by atoms with E-state index in [1.54, 1.807) is 0 Å². The van der Waals surface area contributed by atoms with Crippen LogP contribution in [0.2, 0.25) is 5.02 Å². The van der Waals surface area contributed by atoms with E-state index in [0.717, 1.165) is 62.0 Å². The Bertz CT molecular complexity index is 1340. The summed E-state index contributed by atoms with van der Waals surface area (Å²) in [6.07, 6.45) is 2.59. The molecule has 0 saturated carbocycles. The third-order valence-electron chi connectivity index (χ3n) is 7.99. The number of nitrogens with zero attached hydrogens (tertiary/aromatic N) is 1. The van der Waals surface area contributed by atoms with Crippen LogP contribution in [0.3, 0.4) is 0 Å². The van der Waals surface area contributed by atoms with E-state index in [4.69, 9.17) is 16.3 Å². The fraction of sp³-hybridized carbons (Fsp3) is 0.438. The van der Waals surface area contributed by atoms with E-state index in [2.05, 4.69) is 71.4 Å². The molecule has 0 fully saturated rings. The van der Waals surface area contributed by atoms with Crippen molar-refractivity contribution in [1.82, 2.24) is 4.90 Å². The average Bonchev–Trinajstić information content (AvgIpc) is 2.82. The number of allylic oxidation sites excluding steroid dienone is 4. The van der Waals surface area contributed by atoms with Gasteiger partial charge in [-0.2, -0.15) is 0 Å². The number of ketones is 2. The maximum absolute atomic E-state index is 13.8. The lowest BCUT2D eigenvalue weighted by Gasteiger charge is -2.49. The maximum Gasteiger partial charge on any atom is 0.162 e. The molecule has 206 valence electrons. The molecule has 3 aliphatic rings. The molecule has 0 amide bonds. The molecule has 0 N–H and O–H groups in total. The van der Waals surface area contributed by atoms with Gasteiger partial charge in [0.1, 0.15) is 12.4 Å². The van der Waals surface area contributed by atoms with Gasteiger partial charge in [-0.3, -0.25) is 9.59 Å². The van der Waals surface area contributed by atoms with Gasteiger partial charge >= 0.3 is 0 Å². The Balaban J connectivity index is 1.61. The van der Waals surface area contributed by atoms with Gasteiger partial charge in [0.25, 0.3) is 0 Å². The number of rotatable bonds is 5. The molecule has 1 heterocycles. The van der Waals surface area contributed by atoms with E-state index in [1.807, 2.05) is 36.4 Å². The molecule has 0 unspecified atom stereocenters. The molecule has 4 nitrogen and oxygen atoms in total. The molecule has 0 bridgehead atoms. The monoisotopic (exact) mass is 673 g/mol. The first-order valence-electron chi connectivity index (χ1n) is 13.5. The lowest BCUT2D eigenvalue weighted by Crippen LogP contribution is -2.44. The summed E-state index contributed by atoms with van der Waals surface area (Å²) in [4.78, 5) is 30.0. The van der Waals surface area contributed by atoms with Gasteiger partial charge in [-0.1, -0.05) is 51.4 Å². The summed E-state index contributed by atoms with van der Waals surface area (Å²) in [6, 6.07) is 11.6. The molecular weight excluding hydrogens is 642 g/mol. The summed E-state index contributed by atoms with van der Waals surface area (Å²) in [5, 5.41) is 0.684. The minimum Gasteiger partial charge on any atom is -0.487 e. The van der Waals surface area contributed by atoms with Gasteiger partial charge in [0.15, 0.2) is 11.6 Å². The number of benzene rings is 2. The van der Waals surface area contributed by atoms with Crippen molar-refractivity contribution in [3.05, 3.63) is 84.0 Å².